The Bertz CT molecular complexity index is 652. The van der Waals surface area contributed by atoms with Gasteiger partial charge in [-0.2, -0.15) is 5.10 Å². The van der Waals surface area contributed by atoms with Crippen LogP contribution in [0.3, 0.4) is 0 Å². The maximum atomic E-state index is 4.39. The van der Waals surface area contributed by atoms with Crippen LogP contribution >= 0.6 is 0 Å². The molecule has 0 aliphatic heterocycles. The Morgan fingerprint density at radius 2 is 2.10 bits per heavy atom. The van der Waals surface area contributed by atoms with Gasteiger partial charge in [0.15, 0.2) is 5.82 Å². The van der Waals surface area contributed by atoms with Gasteiger partial charge in [-0.05, 0) is 37.3 Å². The summed E-state index contributed by atoms with van der Waals surface area (Å²) in [5.41, 5.74) is 2.27. The van der Waals surface area contributed by atoms with E-state index in [4.69, 9.17) is 0 Å². The van der Waals surface area contributed by atoms with Crippen molar-refractivity contribution in [2.45, 2.75) is 20.0 Å². The molecule has 0 aromatic carbocycles. The summed E-state index contributed by atoms with van der Waals surface area (Å²) in [7, 11) is 0. The van der Waals surface area contributed by atoms with Crippen LogP contribution in [0.1, 0.15) is 12.6 Å². The first-order chi connectivity index (χ1) is 9.86. The van der Waals surface area contributed by atoms with Crippen LogP contribution in [0.4, 0.5) is 5.69 Å². The number of rotatable bonds is 5. The second-order valence-corrected chi connectivity index (χ2v) is 4.49. The maximum Gasteiger partial charge on any atom is 0.153 e. The molecule has 20 heavy (non-hydrogen) atoms. The van der Waals surface area contributed by atoms with E-state index in [9.17, 15) is 0 Å². The van der Waals surface area contributed by atoms with Crippen molar-refractivity contribution in [2.24, 2.45) is 0 Å². The lowest BCUT2D eigenvalue weighted by molar-refractivity contribution is 0.724. The summed E-state index contributed by atoms with van der Waals surface area (Å²) in [5.74, 6) is 0.817. The summed E-state index contributed by atoms with van der Waals surface area (Å²) in [6.07, 6.45) is 7.54. The fraction of sp³-hybridized carbons (Fsp3) is 0.200. The third-order valence-corrected chi connectivity index (χ3v) is 3.22. The minimum atomic E-state index is 0.795. The van der Waals surface area contributed by atoms with Crippen LogP contribution in [0, 0.1) is 0 Å². The van der Waals surface area contributed by atoms with E-state index in [0.29, 0.717) is 0 Å². The molecule has 0 fully saturated rings. The number of hydrogen-bond acceptors (Lipinski definition) is 3. The minimum absolute atomic E-state index is 0.795. The predicted molar refractivity (Wildman–Crippen MR) is 78.8 cm³/mol. The van der Waals surface area contributed by atoms with E-state index < -0.39 is 0 Å². The highest BCUT2D eigenvalue weighted by Gasteiger charge is 2.01. The molecule has 0 radical (unpaired) electrons. The molecule has 0 amide bonds. The number of pyridine rings is 1. The van der Waals surface area contributed by atoms with Gasteiger partial charge >= 0.3 is 0 Å². The first kappa shape index (κ1) is 12.5. The molecule has 3 aromatic heterocycles. The average Bonchev–Trinajstić information content (AvgIpc) is 3.16. The van der Waals surface area contributed by atoms with Crippen molar-refractivity contribution in [2.75, 3.05) is 5.32 Å². The number of aryl methyl sites for hydroxylation is 1. The molecule has 0 bridgehead atoms. The third kappa shape index (κ3) is 2.56. The van der Waals surface area contributed by atoms with Crippen molar-refractivity contribution < 1.29 is 0 Å². The second-order valence-electron chi connectivity index (χ2n) is 4.49. The molecule has 0 saturated heterocycles. The summed E-state index contributed by atoms with van der Waals surface area (Å²) < 4.78 is 3.96. The Morgan fingerprint density at radius 1 is 1.15 bits per heavy atom. The van der Waals surface area contributed by atoms with Gasteiger partial charge in [-0.3, -0.25) is 0 Å². The highest BCUT2D eigenvalue weighted by Crippen LogP contribution is 2.11. The zero-order chi connectivity index (χ0) is 13.8. The molecule has 5 nitrogen and oxygen atoms in total. The molecule has 0 saturated carbocycles. The first-order valence-electron chi connectivity index (χ1n) is 6.71. The van der Waals surface area contributed by atoms with E-state index in [1.807, 2.05) is 30.6 Å². The predicted octanol–water partition coefficient (Wildman–Crippen LogP) is 2.70. The number of anilines is 1. The van der Waals surface area contributed by atoms with Crippen LogP contribution in [0.5, 0.6) is 0 Å². The molecule has 0 aliphatic rings. The van der Waals surface area contributed by atoms with Gasteiger partial charge < -0.3 is 9.88 Å². The zero-order valence-electron chi connectivity index (χ0n) is 11.4. The van der Waals surface area contributed by atoms with Gasteiger partial charge in [-0.1, -0.05) is 0 Å². The molecule has 3 aromatic rings. The maximum absolute atomic E-state index is 4.39. The standard InChI is InChI=1S/C15H17N5/c1-2-19-9-3-5-14(19)12-16-13-6-7-15(17-11-13)20-10-4-8-18-20/h3-11,16H,2,12H2,1H3. The normalized spacial score (nSPS) is 10.7. The minimum Gasteiger partial charge on any atom is -0.378 e. The fourth-order valence-electron chi connectivity index (χ4n) is 2.14. The van der Waals surface area contributed by atoms with Gasteiger partial charge in [-0.15, -0.1) is 0 Å². The molecular formula is C15H17N5. The molecule has 5 heteroatoms. The molecule has 1 N–H and O–H groups in total. The fourth-order valence-corrected chi connectivity index (χ4v) is 2.14. The average molecular weight is 267 g/mol. The number of nitrogens with one attached hydrogen (secondary N) is 1. The van der Waals surface area contributed by atoms with E-state index >= 15 is 0 Å². The van der Waals surface area contributed by atoms with Crippen LogP contribution in [0.15, 0.2) is 55.1 Å². The van der Waals surface area contributed by atoms with Crippen LogP contribution in [0.2, 0.25) is 0 Å². The zero-order valence-corrected chi connectivity index (χ0v) is 11.4. The van der Waals surface area contributed by atoms with Crippen molar-refractivity contribution >= 4 is 5.69 Å². The van der Waals surface area contributed by atoms with E-state index in [-0.39, 0.29) is 0 Å². The van der Waals surface area contributed by atoms with Gasteiger partial charge in [0.25, 0.3) is 0 Å². The molecule has 102 valence electrons. The van der Waals surface area contributed by atoms with E-state index in [0.717, 1.165) is 24.6 Å². The Hall–Kier alpha value is -2.56. The summed E-state index contributed by atoms with van der Waals surface area (Å²) >= 11 is 0. The van der Waals surface area contributed by atoms with Gasteiger partial charge in [0, 0.05) is 30.8 Å². The van der Waals surface area contributed by atoms with E-state index in [2.05, 4.69) is 45.2 Å². The monoisotopic (exact) mass is 267 g/mol. The highest BCUT2D eigenvalue weighted by molar-refractivity contribution is 5.43. The second kappa shape index (κ2) is 5.61. The molecule has 3 heterocycles. The van der Waals surface area contributed by atoms with Gasteiger partial charge in [0.05, 0.1) is 18.4 Å². The van der Waals surface area contributed by atoms with Crippen molar-refractivity contribution in [1.29, 1.82) is 0 Å². The Morgan fingerprint density at radius 3 is 2.80 bits per heavy atom. The topological polar surface area (TPSA) is 47.7 Å². The summed E-state index contributed by atoms with van der Waals surface area (Å²) in [6, 6.07) is 10.0. The molecule has 0 aliphatic carbocycles. The third-order valence-electron chi connectivity index (χ3n) is 3.22. The van der Waals surface area contributed by atoms with Crippen LogP contribution in [-0.4, -0.2) is 19.3 Å². The van der Waals surface area contributed by atoms with Crippen molar-refractivity contribution in [3.05, 3.63) is 60.8 Å². The molecule has 0 spiro atoms. The quantitative estimate of drug-likeness (QED) is 0.773. The number of hydrogen-bond donors (Lipinski definition) is 1. The Kier molecular flexibility index (Phi) is 3.50. The summed E-state index contributed by atoms with van der Waals surface area (Å²) in [5, 5.41) is 7.54. The van der Waals surface area contributed by atoms with Crippen LogP contribution in [0.25, 0.3) is 5.82 Å². The first-order valence-corrected chi connectivity index (χ1v) is 6.71. The van der Waals surface area contributed by atoms with Gasteiger partial charge in [-0.25, -0.2) is 9.67 Å². The molecule has 0 unspecified atom stereocenters. The Balaban J connectivity index is 1.67. The van der Waals surface area contributed by atoms with Crippen molar-refractivity contribution in [1.82, 2.24) is 19.3 Å². The SMILES string of the molecule is CCn1cccc1CNc1ccc(-n2cccn2)nc1. The van der Waals surface area contributed by atoms with E-state index in [1.165, 1.54) is 5.69 Å². The van der Waals surface area contributed by atoms with Crippen molar-refractivity contribution in [3.8, 4) is 5.82 Å². The number of nitrogens with zero attached hydrogens (tertiary/aromatic N) is 4. The lowest BCUT2D eigenvalue weighted by atomic mass is 10.3. The largest absolute Gasteiger partial charge is 0.378 e. The van der Waals surface area contributed by atoms with Crippen molar-refractivity contribution in [3.63, 3.8) is 0 Å². The van der Waals surface area contributed by atoms with Gasteiger partial charge in [0.2, 0.25) is 0 Å². The molecular weight excluding hydrogens is 250 g/mol. The van der Waals surface area contributed by atoms with Crippen LogP contribution < -0.4 is 5.32 Å². The highest BCUT2D eigenvalue weighted by atomic mass is 15.3. The smallest absolute Gasteiger partial charge is 0.153 e. The van der Waals surface area contributed by atoms with Crippen LogP contribution in [-0.2, 0) is 13.1 Å². The summed E-state index contributed by atoms with van der Waals surface area (Å²) in [6.45, 7) is 3.92. The molecule has 3 rings (SSSR count). The Labute approximate surface area is 117 Å². The number of aromatic nitrogens is 4. The van der Waals surface area contributed by atoms with E-state index in [1.54, 1.807) is 10.9 Å². The lowest BCUT2D eigenvalue weighted by Gasteiger charge is -2.09. The summed E-state index contributed by atoms with van der Waals surface area (Å²) in [4.78, 5) is 4.39. The molecule has 0 atom stereocenters. The van der Waals surface area contributed by atoms with Gasteiger partial charge in [0.1, 0.15) is 0 Å². The lowest BCUT2D eigenvalue weighted by Crippen LogP contribution is -2.06.